The first kappa shape index (κ1) is 17.9. The lowest BCUT2D eigenvalue weighted by Gasteiger charge is -2.26. The summed E-state index contributed by atoms with van der Waals surface area (Å²) in [7, 11) is 1.85. The minimum absolute atomic E-state index is 0.687. The molecule has 0 aliphatic carbocycles. The molecule has 6 nitrogen and oxygen atoms in total. The molecule has 0 bridgehead atoms. The van der Waals surface area contributed by atoms with Crippen molar-refractivity contribution in [3.05, 3.63) is 29.8 Å². The van der Waals surface area contributed by atoms with Gasteiger partial charge in [0.2, 0.25) is 0 Å². The third kappa shape index (κ3) is 5.57. The first-order valence-corrected chi connectivity index (χ1v) is 9.76. The summed E-state index contributed by atoms with van der Waals surface area (Å²) in [5, 5.41) is 6.30. The van der Waals surface area contributed by atoms with Crippen LogP contribution in [0, 0.1) is 0 Å². The summed E-state index contributed by atoms with van der Waals surface area (Å²) in [5.74, 6) is 2.58. The van der Waals surface area contributed by atoms with Gasteiger partial charge in [-0.15, -0.1) is 0 Å². The number of nitrogens with zero attached hydrogens (tertiary/aromatic N) is 3. The maximum atomic E-state index is 5.90. The van der Waals surface area contributed by atoms with E-state index >= 15 is 0 Å². The Bertz CT molecular complexity index is 642. The Balaban J connectivity index is 1.38. The van der Waals surface area contributed by atoms with Crippen LogP contribution < -0.4 is 15.4 Å². The van der Waals surface area contributed by atoms with Crippen molar-refractivity contribution in [3.8, 4) is 5.75 Å². The van der Waals surface area contributed by atoms with E-state index in [1.807, 2.05) is 13.1 Å². The molecule has 0 radical (unpaired) electrons. The number of hydrogen-bond acceptors (Lipinski definition) is 7. The number of benzene rings is 1. The van der Waals surface area contributed by atoms with Crippen LogP contribution >= 0.6 is 11.7 Å². The smallest absolute Gasteiger partial charge is 0.184 e. The van der Waals surface area contributed by atoms with Gasteiger partial charge in [0.15, 0.2) is 11.6 Å². The molecular weight excluding hydrogens is 334 g/mol. The van der Waals surface area contributed by atoms with E-state index in [1.165, 1.54) is 49.6 Å². The van der Waals surface area contributed by atoms with Gasteiger partial charge in [0.05, 0.1) is 18.3 Å². The van der Waals surface area contributed by atoms with Gasteiger partial charge in [0.25, 0.3) is 0 Å². The Kier molecular flexibility index (Phi) is 6.88. The van der Waals surface area contributed by atoms with Crippen LogP contribution in [0.15, 0.2) is 24.3 Å². The second-order valence-electron chi connectivity index (χ2n) is 6.32. The lowest BCUT2D eigenvalue weighted by Crippen LogP contribution is -2.29. The van der Waals surface area contributed by atoms with E-state index in [0.717, 1.165) is 36.9 Å². The lowest BCUT2D eigenvalue weighted by molar-refractivity contribution is 0.220. The molecule has 7 heteroatoms. The van der Waals surface area contributed by atoms with Crippen molar-refractivity contribution in [3.63, 3.8) is 0 Å². The minimum Gasteiger partial charge on any atom is -0.494 e. The molecule has 1 aliphatic heterocycles. The fourth-order valence-electron chi connectivity index (χ4n) is 3.05. The molecule has 3 rings (SSSR count). The fourth-order valence-corrected chi connectivity index (χ4v) is 3.58. The molecule has 25 heavy (non-hydrogen) atoms. The summed E-state index contributed by atoms with van der Waals surface area (Å²) in [5.41, 5.74) is 1.34. The van der Waals surface area contributed by atoms with Crippen molar-refractivity contribution < 1.29 is 4.74 Å². The number of nitrogens with one attached hydrogen (secondary N) is 2. The highest BCUT2D eigenvalue weighted by Gasteiger charge is 2.10. The van der Waals surface area contributed by atoms with E-state index in [9.17, 15) is 0 Å². The van der Waals surface area contributed by atoms with Crippen molar-refractivity contribution in [1.29, 1.82) is 0 Å². The van der Waals surface area contributed by atoms with E-state index in [-0.39, 0.29) is 0 Å². The number of hydrogen-bond donors (Lipinski definition) is 2. The third-order valence-electron chi connectivity index (χ3n) is 4.36. The zero-order chi connectivity index (χ0) is 17.3. The molecule has 2 N–H and O–H groups in total. The van der Waals surface area contributed by atoms with Gasteiger partial charge in [-0.05, 0) is 50.0 Å². The predicted octanol–water partition coefficient (Wildman–Crippen LogP) is 3.45. The second kappa shape index (κ2) is 9.58. The van der Waals surface area contributed by atoms with Crippen LogP contribution in [0.3, 0.4) is 0 Å². The van der Waals surface area contributed by atoms with Crippen LogP contribution in [0.5, 0.6) is 5.75 Å². The minimum atomic E-state index is 0.687. The van der Waals surface area contributed by atoms with Crippen LogP contribution in [0.25, 0.3) is 0 Å². The molecule has 1 aromatic carbocycles. The average molecular weight is 362 g/mol. The maximum absolute atomic E-state index is 5.90. The number of ether oxygens (including phenoxy) is 1. The van der Waals surface area contributed by atoms with Crippen LogP contribution in [-0.2, 0) is 6.54 Å². The van der Waals surface area contributed by atoms with Crippen molar-refractivity contribution in [1.82, 2.24) is 13.6 Å². The summed E-state index contributed by atoms with van der Waals surface area (Å²) < 4.78 is 14.3. The van der Waals surface area contributed by atoms with Gasteiger partial charge in [-0.1, -0.05) is 18.6 Å². The first-order chi connectivity index (χ1) is 12.3. The van der Waals surface area contributed by atoms with E-state index < -0.39 is 0 Å². The predicted molar refractivity (Wildman–Crippen MR) is 104 cm³/mol. The molecule has 0 saturated carbocycles. The summed E-state index contributed by atoms with van der Waals surface area (Å²) in [4.78, 5) is 2.54. The second-order valence-corrected chi connectivity index (χ2v) is 6.85. The topological polar surface area (TPSA) is 62.3 Å². The largest absolute Gasteiger partial charge is 0.494 e. The fraction of sp³-hybridized carbons (Fsp3) is 0.556. The zero-order valence-electron chi connectivity index (χ0n) is 14.8. The molecule has 2 heterocycles. The summed E-state index contributed by atoms with van der Waals surface area (Å²) in [6, 6.07) is 8.49. The van der Waals surface area contributed by atoms with Gasteiger partial charge in [0, 0.05) is 20.1 Å². The van der Waals surface area contributed by atoms with Gasteiger partial charge < -0.3 is 15.4 Å². The van der Waals surface area contributed by atoms with Crippen LogP contribution in [0.4, 0.5) is 11.6 Å². The Morgan fingerprint density at radius 2 is 2.00 bits per heavy atom. The quantitative estimate of drug-likeness (QED) is 0.667. The molecule has 1 aromatic heterocycles. The Morgan fingerprint density at radius 1 is 1.16 bits per heavy atom. The summed E-state index contributed by atoms with van der Waals surface area (Å²) in [6.45, 7) is 4.97. The summed E-state index contributed by atoms with van der Waals surface area (Å²) in [6.07, 6.45) is 4.94. The lowest BCUT2D eigenvalue weighted by atomic mass is 10.1. The summed E-state index contributed by atoms with van der Waals surface area (Å²) >= 11 is 1.21. The van der Waals surface area contributed by atoms with Crippen LogP contribution in [-0.4, -0.2) is 46.9 Å². The van der Waals surface area contributed by atoms with E-state index in [1.54, 1.807) is 0 Å². The highest BCUT2D eigenvalue weighted by molar-refractivity contribution is 6.99. The first-order valence-electron chi connectivity index (χ1n) is 9.03. The zero-order valence-corrected chi connectivity index (χ0v) is 15.6. The van der Waals surface area contributed by atoms with Crippen molar-refractivity contribution in [2.75, 3.05) is 43.9 Å². The highest BCUT2D eigenvalue weighted by Crippen LogP contribution is 2.19. The monoisotopic (exact) mass is 361 g/mol. The molecule has 0 amide bonds. The van der Waals surface area contributed by atoms with Gasteiger partial charge >= 0.3 is 0 Å². The number of rotatable bonds is 9. The standard InChI is InChI=1S/C18H27N5OS/c1-19-17-18(22-25-21-17)20-9-6-12-24-16-8-5-7-15(13-16)14-23-10-3-2-4-11-23/h5,7-8,13H,2-4,6,9-12,14H2,1H3,(H,19,21)(H,20,22). The average Bonchev–Trinajstić information content (AvgIpc) is 3.10. The van der Waals surface area contributed by atoms with Crippen molar-refractivity contribution in [2.45, 2.75) is 32.2 Å². The SMILES string of the molecule is CNc1nsnc1NCCCOc1cccc(CN2CCCCC2)c1. The molecule has 0 unspecified atom stereocenters. The third-order valence-corrected chi connectivity index (χ3v) is 4.89. The van der Waals surface area contributed by atoms with Gasteiger partial charge in [0.1, 0.15) is 5.75 Å². The van der Waals surface area contributed by atoms with Crippen molar-refractivity contribution >= 4 is 23.4 Å². The normalized spacial score (nSPS) is 15.1. The van der Waals surface area contributed by atoms with Gasteiger partial charge in [-0.3, -0.25) is 4.90 Å². The molecule has 0 spiro atoms. The number of piperidine rings is 1. The highest BCUT2D eigenvalue weighted by atomic mass is 32.1. The molecule has 1 saturated heterocycles. The molecule has 1 fully saturated rings. The Morgan fingerprint density at radius 3 is 2.84 bits per heavy atom. The van der Waals surface area contributed by atoms with Crippen molar-refractivity contribution in [2.24, 2.45) is 0 Å². The maximum Gasteiger partial charge on any atom is 0.184 e. The number of anilines is 2. The Hall–Kier alpha value is -1.86. The van der Waals surface area contributed by atoms with Crippen LogP contribution in [0.2, 0.25) is 0 Å². The van der Waals surface area contributed by atoms with Crippen LogP contribution in [0.1, 0.15) is 31.2 Å². The molecular formula is C18H27N5OS. The molecule has 2 aromatic rings. The Labute approximate surface area is 153 Å². The molecule has 0 atom stereocenters. The molecule has 136 valence electrons. The van der Waals surface area contributed by atoms with E-state index in [2.05, 4.69) is 42.5 Å². The van der Waals surface area contributed by atoms with E-state index in [0.29, 0.717) is 6.61 Å². The number of aromatic nitrogens is 2. The number of likely N-dealkylation sites (tertiary alicyclic amines) is 1. The van der Waals surface area contributed by atoms with Gasteiger partial charge in [-0.2, -0.15) is 8.75 Å². The van der Waals surface area contributed by atoms with Gasteiger partial charge in [-0.25, -0.2) is 0 Å². The van der Waals surface area contributed by atoms with E-state index in [4.69, 9.17) is 4.74 Å². The molecule has 1 aliphatic rings.